The van der Waals surface area contributed by atoms with Crippen molar-refractivity contribution < 1.29 is 4.79 Å². The molecular weight excluding hydrogens is 274 g/mol. The Morgan fingerprint density at radius 1 is 1.55 bits per heavy atom. The van der Waals surface area contributed by atoms with Gasteiger partial charge in [0.05, 0.1) is 16.8 Å². The molecular formula is C15H22ClN3O. The molecule has 1 aromatic rings. The predicted octanol–water partition coefficient (Wildman–Crippen LogP) is 2.98. The number of carbonyl (C=O) groups is 1. The molecule has 1 unspecified atom stereocenters. The standard InChI is InChI=1S/C15H22ClN3O/c1-10(19(2)9-11-4-3-5-11)15(20)18-12-6-7-13(16)14(17)8-12/h6-8,10-11H,3-5,9,17H2,1-2H3,(H,18,20). The molecule has 1 aliphatic carbocycles. The summed E-state index contributed by atoms with van der Waals surface area (Å²) in [7, 11) is 2.00. The van der Waals surface area contributed by atoms with Crippen LogP contribution in [0.5, 0.6) is 0 Å². The molecule has 1 saturated carbocycles. The van der Waals surface area contributed by atoms with Crippen LogP contribution >= 0.6 is 11.6 Å². The molecule has 1 atom stereocenters. The molecule has 1 amide bonds. The number of hydrogen-bond acceptors (Lipinski definition) is 3. The second-order valence-corrected chi connectivity index (χ2v) is 6.05. The molecule has 1 fully saturated rings. The topological polar surface area (TPSA) is 58.4 Å². The lowest BCUT2D eigenvalue weighted by atomic mass is 9.85. The van der Waals surface area contributed by atoms with Gasteiger partial charge in [-0.3, -0.25) is 9.69 Å². The first-order chi connectivity index (χ1) is 9.47. The molecule has 110 valence electrons. The van der Waals surface area contributed by atoms with Crippen LogP contribution in [0, 0.1) is 5.92 Å². The predicted molar refractivity (Wildman–Crippen MR) is 83.9 cm³/mol. The van der Waals surface area contributed by atoms with Gasteiger partial charge in [-0.1, -0.05) is 18.0 Å². The highest BCUT2D eigenvalue weighted by Crippen LogP contribution is 2.27. The molecule has 0 spiro atoms. The second kappa shape index (κ2) is 6.46. The Labute approximate surface area is 125 Å². The molecule has 1 aliphatic rings. The summed E-state index contributed by atoms with van der Waals surface area (Å²) in [6, 6.07) is 4.97. The monoisotopic (exact) mass is 295 g/mol. The van der Waals surface area contributed by atoms with Crippen LogP contribution in [0.1, 0.15) is 26.2 Å². The quantitative estimate of drug-likeness (QED) is 0.821. The van der Waals surface area contributed by atoms with Crippen molar-refractivity contribution in [1.82, 2.24) is 4.90 Å². The lowest BCUT2D eigenvalue weighted by Gasteiger charge is -2.32. The Bertz CT molecular complexity index is 488. The number of nitrogens with two attached hydrogens (primary N) is 1. The zero-order valence-electron chi connectivity index (χ0n) is 12.0. The van der Waals surface area contributed by atoms with Gasteiger partial charge < -0.3 is 11.1 Å². The number of rotatable bonds is 5. The number of hydrogen-bond donors (Lipinski definition) is 2. The Balaban J connectivity index is 1.90. The zero-order chi connectivity index (χ0) is 14.7. The molecule has 20 heavy (non-hydrogen) atoms. The summed E-state index contributed by atoms with van der Waals surface area (Å²) in [5.74, 6) is 0.731. The summed E-state index contributed by atoms with van der Waals surface area (Å²) in [6.45, 7) is 2.91. The van der Waals surface area contributed by atoms with Crippen LogP contribution in [0.25, 0.3) is 0 Å². The minimum Gasteiger partial charge on any atom is -0.397 e. The van der Waals surface area contributed by atoms with Crippen LogP contribution in [0.15, 0.2) is 18.2 Å². The first-order valence-corrected chi connectivity index (χ1v) is 7.41. The maximum Gasteiger partial charge on any atom is 0.241 e. The van der Waals surface area contributed by atoms with Crippen molar-refractivity contribution in [2.24, 2.45) is 5.92 Å². The number of benzene rings is 1. The summed E-state index contributed by atoms with van der Waals surface area (Å²) in [4.78, 5) is 14.3. The van der Waals surface area contributed by atoms with E-state index in [-0.39, 0.29) is 11.9 Å². The molecule has 0 bridgehead atoms. The van der Waals surface area contributed by atoms with Crippen LogP contribution < -0.4 is 11.1 Å². The fourth-order valence-corrected chi connectivity index (χ4v) is 2.43. The number of nitrogens with zero attached hydrogens (tertiary/aromatic N) is 1. The van der Waals surface area contributed by atoms with Crippen molar-refractivity contribution in [3.05, 3.63) is 23.2 Å². The van der Waals surface area contributed by atoms with Gasteiger partial charge in [0, 0.05) is 12.2 Å². The lowest BCUT2D eigenvalue weighted by molar-refractivity contribution is -0.120. The van der Waals surface area contributed by atoms with Gasteiger partial charge in [0.1, 0.15) is 0 Å². The SMILES string of the molecule is CC(C(=O)Nc1ccc(Cl)c(N)c1)N(C)CC1CCC1. The van der Waals surface area contributed by atoms with Gasteiger partial charge in [-0.05, 0) is 50.9 Å². The Hall–Kier alpha value is -1.26. The van der Waals surface area contributed by atoms with E-state index in [1.165, 1.54) is 19.3 Å². The number of carbonyl (C=O) groups excluding carboxylic acids is 1. The number of anilines is 2. The molecule has 0 aromatic heterocycles. The minimum atomic E-state index is -0.160. The largest absolute Gasteiger partial charge is 0.397 e. The molecule has 0 saturated heterocycles. The van der Waals surface area contributed by atoms with Crippen LogP contribution in [-0.4, -0.2) is 30.4 Å². The Kier molecular flexibility index (Phi) is 4.89. The second-order valence-electron chi connectivity index (χ2n) is 5.64. The van der Waals surface area contributed by atoms with E-state index in [9.17, 15) is 4.79 Å². The first kappa shape index (κ1) is 15.1. The van der Waals surface area contributed by atoms with Crippen LogP contribution in [0.3, 0.4) is 0 Å². The first-order valence-electron chi connectivity index (χ1n) is 7.03. The summed E-state index contributed by atoms with van der Waals surface area (Å²) < 4.78 is 0. The van der Waals surface area contributed by atoms with Crippen LogP contribution in [0.4, 0.5) is 11.4 Å². The molecule has 1 aromatic carbocycles. The summed E-state index contributed by atoms with van der Waals surface area (Å²) in [6.07, 6.45) is 3.89. The van der Waals surface area contributed by atoms with E-state index in [4.69, 9.17) is 17.3 Å². The molecule has 4 nitrogen and oxygen atoms in total. The van der Waals surface area contributed by atoms with Crippen LogP contribution in [-0.2, 0) is 4.79 Å². The van der Waals surface area contributed by atoms with Crippen LogP contribution in [0.2, 0.25) is 5.02 Å². The van der Waals surface area contributed by atoms with Gasteiger partial charge in [0.15, 0.2) is 0 Å². The molecule has 0 aliphatic heterocycles. The average molecular weight is 296 g/mol. The van der Waals surface area contributed by atoms with Crippen molar-refractivity contribution in [1.29, 1.82) is 0 Å². The number of likely N-dealkylation sites (N-methyl/N-ethyl adjacent to an activating group) is 1. The molecule has 5 heteroatoms. The number of nitrogens with one attached hydrogen (secondary N) is 1. The lowest BCUT2D eigenvalue weighted by Crippen LogP contribution is -2.42. The van der Waals surface area contributed by atoms with Gasteiger partial charge >= 0.3 is 0 Å². The highest BCUT2D eigenvalue weighted by atomic mass is 35.5. The van der Waals surface area contributed by atoms with Gasteiger partial charge in [-0.15, -0.1) is 0 Å². The van der Waals surface area contributed by atoms with Gasteiger partial charge in [-0.2, -0.15) is 0 Å². The van der Waals surface area contributed by atoms with Crippen molar-refractivity contribution in [2.45, 2.75) is 32.2 Å². The number of nitrogen functional groups attached to an aromatic ring is 1. The number of halogens is 1. The molecule has 3 N–H and O–H groups in total. The minimum absolute atomic E-state index is 0.0199. The van der Waals surface area contributed by atoms with E-state index in [0.29, 0.717) is 16.4 Å². The number of amides is 1. The van der Waals surface area contributed by atoms with E-state index in [1.54, 1.807) is 18.2 Å². The maximum absolute atomic E-state index is 12.2. The van der Waals surface area contributed by atoms with Gasteiger partial charge in [0.25, 0.3) is 0 Å². The molecule has 2 rings (SSSR count). The average Bonchev–Trinajstić information content (AvgIpc) is 2.37. The van der Waals surface area contributed by atoms with Crippen molar-refractivity contribution in [2.75, 3.05) is 24.6 Å². The third-order valence-electron chi connectivity index (χ3n) is 4.08. The normalized spacial score (nSPS) is 16.8. The molecule has 0 heterocycles. The third kappa shape index (κ3) is 3.64. The smallest absolute Gasteiger partial charge is 0.241 e. The Morgan fingerprint density at radius 2 is 2.25 bits per heavy atom. The third-order valence-corrected chi connectivity index (χ3v) is 4.42. The van der Waals surface area contributed by atoms with Crippen molar-refractivity contribution in [3.63, 3.8) is 0 Å². The highest BCUT2D eigenvalue weighted by Gasteiger charge is 2.24. The van der Waals surface area contributed by atoms with Crippen molar-refractivity contribution in [3.8, 4) is 0 Å². The maximum atomic E-state index is 12.2. The highest BCUT2D eigenvalue weighted by molar-refractivity contribution is 6.33. The zero-order valence-corrected chi connectivity index (χ0v) is 12.8. The Morgan fingerprint density at radius 3 is 2.80 bits per heavy atom. The van der Waals surface area contributed by atoms with Crippen molar-refractivity contribution >= 4 is 28.9 Å². The van der Waals surface area contributed by atoms with E-state index in [0.717, 1.165) is 12.5 Å². The fourth-order valence-electron chi connectivity index (χ4n) is 2.31. The van der Waals surface area contributed by atoms with E-state index in [1.807, 2.05) is 14.0 Å². The van der Waals surface area contributed by atoms with Gasteiger partial charge in [0.2, 0.25) is 5.91 Å². The summed E-state index contributed by atoms with van der Waals surface area (Å²) in [5.41, 5.74) is 6.88. The summed E-state index contributed by atoms with van der Waals surface area (Å²) >= 11 is 5.86. The fraction of sp³-hybridized carbons (Fsp3) is 0.533. The van der Waals surface area contributed by atoms with Gasteiger partial charge in [-0.25, -0.2) is 0 Å². The van der Waals surface area contributed by atoms with E-state index >= 15 is 0 Å². The molecule has 0 radical (unpaired) electrons. The van der Waals surface area contributed by atoms with E-state index < -0.39 is 0 Å². The van der Waals surface area contributed by atoms with E-state index in [2.05, 4.69) is 10.2 Å². The summed E-state index contributed by atoms with van der Waals surface area (Å²) in [5, 5.41) is 3.38.